The van der Waals surface area contributed by atoms with Crippen molar-refractivity contribution in [2.75, 3.05) is 5.32 Å². The molecule has 0 unspecified atom stereocenters. The van der Waals surface area contributed by atoms with Gasteiger partial charge in [-0.1, -0.05) is 32.9 Å². The largest absolute Gasteiger partial charge is 0.330 e. The predicted molar refractivity (Wildman–Crippen MR) is 108 cm³/mol. The molecule has 0 atom stereocenters. The monoisotopic (exact) mass is 456 g/mol. The third-order valence-corrected chi connectivity index (χ3v) is 4.29. The Kier molecular flexibility index (Phi) is 5.92. The number of carbonyl (C=O) groups excluding carboxylic acids is 1. The van der Waals surface area contributed by atoms with Gasteiger partial charge in [0.25, 0.3) is 5.91 Å². The molecule has 2 aromatic carbocycles. The number of anilines is 1. The van der Waals surface area contributed by atoms with Crippen molar-refractivity contribution in [2.45, 2.75) is 26.2 Å². The first-order chi connectivity index (χ1) is 11.2. The van der Waals surface area contributed by atoms with Gasteiger partial charge in [-0.15, -0.1) is 0 Å². The molecular formula is C18H18FIN2OS. The van der Waals surface area contributed by atoms with Crippen molar-refractivity contribution in [3.8, 4) is 0 Å². The maximum Gasteiger partial charge on any atom is 0.257 e. The minimum atomic E-state index is -0.423. The second-order valence-corrected chi connectivity index (χ2v) is 8.01. The second kappa shape index (κ2) is 7.57. The van der Waals surface area contributed by atoms with Crippen molar-refractivity contribution in [1.29, 1.82) is 0 Å². The van der Waals surface area contributed by atoms with Gasteiger partial charge in [-0.3, -0.25) is 10.1 Å². The van der Waals surface area contributed by atoms with Crippen LogP contribution in [-0.2, 0) is 5.41 Å². The Hall–Kier alpha value is -1.54. The third-order valence-electron chi connectivity index (χ3n) is 3.42. The topological polar surface area (TPSA) is 41.1 Å². The Morgan fingerprint density at radius 1 is 1.12 bits per heavy atom. The fourth-order valence-electron chi connectivity index (χ4n) is 2.04. The number of benzene rings is 2. The molecule has 0 aromatic heterocycles. The molecule has 0 aliphatic rings. The Morgan fingerprint density at radius 2 is 1.75 bits per heavy atom. The highest BCUT2D eigenvalue weighted by molar-refractivity contribution is 14.1. The van der Waals surface area contributed by atoms with Crippen LogP contribution in [0.25, 0.3) is 0 Å². The first kappa shape index (κ1) is 18.8. The van der Waals surface area contributed by atoms with Gasteiger partial charge in [0.2, 0.25) is 0 Å². The Bertz CT molecular complexity index is 770. The second-order valence-electron chi connectivity index (χ2n) is 6.36. The van der Waals surface area contributed by atoms with Crippen molar-refractivity contribution < 1.29 is 9.18 Å². The summed E-state index contributed by atoms with van der Waals surface area (Å²) in [5, 5.41) is 5.31. The Labute approximate surface area is 160 Å². The minimum Gasteiger partial charge on any atom is -0.330 e. The van der Waals surface area contributed by atoms with E-state index in [1.54, 1.807) is 24.3 Å². The summed E-state index contributed by atoms with van der Waals surface area (Å²) in [5.41, 5.74) is 1.88. The highest BCUT2D eigenvalue weighted by Crippen LogP contribution is 2.22. The summed E-state index contributed by atoms with van der Waals surface area (Å²) in [5.74, 6) is -0.757. The smallest absolute Gasteiger partial charge is 0.257 e. The first-order valence-electron chi connectivity index (χ1n) is 7.35. The number of hydrogen-bond acceptors (Lipinski definition) is 2. The molecule has 3 nitrogen and oxygen atoms in total. The van der Waals surface area contributed by atoms with E-state index < -0.39 is 5.82 Å². The summed E-state index contributed by atoms with van der Waals surface area (Å²) in [4.78, 5) is 12.2. The van der Waals surface area contributed by atoms with Crippen LogP contribution >= 0.6 is 34.8 Å². The van der Waals surface area contributed by atoms with Gasteiger partial charge in [0, 0.05) is 9.13 Å². The van der Waals surface area contributed by atoms with Crippen molar-refractivity contribution in [3.05, 3.63) is 63.0 Å². The molecule has 126 valence electrons. The van der Waals surface area contributed by atoms with Crippen molar-refractivity contribution >= 4 is 51.5 Å². The van der Waals surface area contributed by atoms with E-state index in [1.807, 2.05) is 34.7 Å². The zero-order valence-corrected chi connectivity index (χ0v) is 16.6. The van der Waals surface area contributed by atoms with Gasteiger partial charge >= 0.3 is 0 Å². The maximum absolute atomic E-state index is 13.8. The number of carbonyl (C=O) groups is 1. The molecule has 0 spiro atoms. The fraction of sp³-hybridized carbons (Fsp3) is 0.222. The van der Waals surface area contributed by atoms with E-state index in [0.717, 1.165) is 9.13 Å². The number of nitrogens with one attached hydrogen (secondary N) is 2. The molecule has 0 radical (unpaired) electrons. The minimum absolute atomic E-state index is 0.0220. The van der Waals surface area contributed by atoms with E-state index in [0.29, 0.717) is 5.56 Å². The molecule has 0 aliphatic heterocycles. The lowest BCUT2D eigenvalue weighted by molar-refractivity contribution is 0.0977. The van der Waals surface area contributed by atoms with Crippen LogP contribution in [0.1, 0.15) is 36.7 Å². The van der Waals surface area contributed by atoms with Gasteiger partial charge in [0.05, 0.1) is 5.69 Å². The van der Waals surface area contributed by atoms with E-state index in [9.17, 15) is 9.18 Å². The van der Waals surface area contributed by atoms with Gasteiger partial charge in [-0.05, 0) is 76.1 Å². The number of rotatable bonds is 2. The lowest BCUT2D eigenvalue weighted by Gasteiger charge is -2.19. The summed E-state index contributed by atoms with van der Waals surface area (Å²) >= 11 is 7.10. The van der Waals surface area contributed by atoms with Gasteiger partial charge in [0.1, 0.15) is 5.82 Å². The summed E-state index contributed by atoms with van der Waals surface area (Å²) in [6.45, 7) is 6.32. The molecular weight excluding hydrogens is 438 g/mol. The molecule has 6 heteroatoms. The SMILES string of the molecule is CC(C)(C)c1ccc(C(=O)NC(=S)Nc2ccc(I)cc2F)cc1. The third kappa shape index (κ3) is 4.98. The van der Waals surface area contributed by atoms with Crippen LogP contribution in [-0.4, -0.2) is 11.0 Å². The van der Waals surface area contributed by atoms with Crippen LogP contribution in [0, 0.1) is 9.39 Å². The van der Waals surface area contributed by atoms with Crippen LogP contribution in [0.5, 0.6) is 0 Å². The van der Waals surface area contributed by atoms with Gasteiger partial charge < -0.3 is 5.32 Å². The standard InChI is InChI=1S/C18H18FIN2OS/c1-18(2,3)12-6-4-11(5-7-12)16(23)22-17(24)21-15-9-8-13(20)10-14(15)19/h4-10H,1-3H3,(H2,21,22,23,24). The number of amides is 1. The van der Waals surface area contributed by atoms with Gasteiger partial charge in [-0.2, -0.15) is 0 Å². The fourth-order valence-corrected chi connectivity index (χ4v) is 2.70. The average molecular weight is 456 g/mol. The van der Waals surface area contributed by atoms with Crippen LogP contribution in [0.4, 0.5) is 10.1 Å². The van der Waals surface area contributed by atoms with Gasteiger partial charge in [0.15, 0.2) is 5.11 Å². The molecule has 0 bridgehead atoms. The molecule has 2 N–H and O–H groups in total. The number of halogens is 2. The predicted octanol–water partition coefficient (Wildman–Crippen LogP) is 4.85. The molecule has 24 heavy (non-hydrogen) atoms. The normalized spacial score (nSPS) is 11.0. The molecule has 0 saturated carbocycles. The van der Waals surface area contributed by atoms with E-state index in [4.69, 9.17) is 12.2 Å². The highest BCUT2D eigenvalue weighted by Gasteiger charge is 2.15. The zero-order valence-electron chi connectivity index (χ0n) is 13.6. The average Bonchev–Trinajstić information content (AvgIpc) is 2.49. The molecule has 0 heterocycles. The van der Waals surface area contributed by atoms with E-state index in [-0.39, 0.29) is 22.1 Å². The van der Waals surface area contributed by atoms with Crippen LogP contribution in [0.3, 0.4) is 0 Å². The van der Waals surface area contributed by atoms with Crippen LogP contribution < -0.4 is 10.6 Å². The van der Waals surface area contributed by atoms with Crippen molar-refractivity contribution in [3.63, 3.8) is 0 Å². The molecule has 0 aliphatic carbocycles. The first-order valence-corrected chi connectivity index (χ1v) is 8.83. The molecule has 1 amide bonds. The molecule has 2 rings (SSSR count). The lowest BCUT2D eigenvalue weighted by atomic mass is 9.87. The van der Waals surface area contributed by atoms with E-state index in [2.05, 4.69) is 31.4 Å². The summed E-state index contributed by atoms with van der Waals surface area (Å²) in [7, 11) is 0. The van der Waals surface area contributed by atoms with Crippen LogP contribution in [0.2, 0.25) is 0 Å². The Balaban J connectivity index is 2.02. The van der Waals surface area contributed by atoms with Crippen molar-refractivity contribution in [1.82, 2.24) is 5.32 Å². The highest BCUT2D eigenvalue weighted by atomic mass is 127. The number of hydrogen-bond donors (Lipinski definition) is 2. The van der Waals surface area contributed by atoms with E-state index >= 15 is 0 Å². The zero-order chi connectivity index (χ0) is 17.9. The van der Waals surface area contributed by atoms with E-state index in [1.165, 1.54) is 6.07 Å². The summed E-state index contributed by atoms with van der Waals surface area (Å²) in [6, 6.07) is 12.1. The Morgan fingerprint density at radius 3 is 2.29 bits per heavy atom. The lowest BCUT2D eigenvalue weighted by Crippen LogP contribution is -2.34. The van der Waals surface area contributed by atoms with Crippen molar-refractivity contribution in [2.24, 2.45) is 0 Å². The van der Waals surface area contributed by atoms with Crippen LogP contribution in [0.15, 0.2) is 42.5 Å². The summed E-state index contributed by atoms with van der Waals surface area (Å²) in [6.07, 6.45) is 0. The molecule has 2 aromatic rings. The molecule has 0 saturated heterocycles. The molecule has 0 fully saturated rings. The van der Waals surface area contributed by atoms with Gasteiger partial charge in [-0.25, -0.2) is 4.39 Å². The maximum atomic E-state index is 13.8. The number of thiocarbonyl (C=S) groups is 1. The summed E-state index contributed by atoms with van der Waals surface area (Å²) < 4.78 is 14.6. The quantitative estimate of drug-likeness (QED) is 0.502.